The average Bonchev–Trinajstić information content (AvgIpc) is 2.39. The van der Waals surface area contributed by atoms with E-state index in [1.54, 1.807) is 25.1 Å². The summed E-state index contributed by atoms with van der Waals surface area (Å²) in [6.45, 7) is 1.40. The van der Waals surface area contributed by atoms with Gasteiger partial charge in [0.05, 0.1) is 18.7 Å². The van der Waals surface area contributed by atoms with E-state index in [1.807, 2.05) is 0 Å². The van der Waals surface area contributed by atoms with Crippen molar-refractivity contribution in [3.05, 3.63) is 30.3 Å². The van der Waals surface area contributed by atoms with Crippen LogP contribution in [0.3, 0.4) is 0 Å². The molecule has 0 saturated heterocycles. The number of rotatable bonds is 8. The van der Waals surface area contributed by atoms with Crippen molar-refractivity contribution in [3.63, 3.8) is 0 Å². The molecule has 0 saturated carbocycles. The lowest BCUT2D eigenvalue weighted by Crippen LogP contribution is -2.37. The summed E-state index contributed by atoms with van der Waals surface area (Å²) in [6.07, 6.45) is -0.364. The number of ether oxygens (including phenoxy) is 1. The second-order valence-electron chi connectivity index (χ2n) is 4.11. The largest absolute Gasteiger partial charge is 0.481 e. The molecule has 0 aromatic heterocycles. The van der Waals surface area contributed by atoms with E-state index in [0.29, 0.717) is 5.69 Å². The molecule has 116 valence electrons. The molecular formula is C13H17NO6S. The van der Waals surface area contributed by atoms with E-state index in [0.717, 1.165) is 4.31 Å². The van der Waals surface area contributed by atoms with Gasteiger partial charge >= 0.3 is 11.9 Å². The Morgan fingerprint density at radius 1 is 1.24 bits per heavy atom. The fraction of sp³-hybridized carbons (Fsp3) is 0.385. The molecule has 0 radical (unpaired) electrons. The summed E-state index contributed by atoms with van der Waals surface area (Å²) in [5.74, 6) is -2.81. The highest BCUT2D eigenvalue weighted by Crippen LogP contribution is 2.18. The first-order chi connectivity index (χ1) is 9.86. The molecule has 1 aromatic carbocycles. The Hall–Kier alpha value is -2.09. The number of sulfonamides is 1. The zero-order valence-electron chi connectivity index (χ0n) is 11.6. The van der Waals surface area contributed by atoms with Crippen molar-refractivity contribution in [3.8, 4) is 0 Å². The molecule has 0 atom stereocenters. The predicted molar refractivity (Wildman–Crippen MR) is 76.5 cm³/mol. The van der Waals surface area contributed by atoms with Gasteiger partial charge in [-0.25, -0.2) is 8.42 Å². The van der Waals surface area contributed by atoms with Crippen LogP contribution in [0, 0.1) is 0 Å². The third-order valence-electron chi connectivity index (χ3n) is 2.51. The summed E-state index contributed by atoms with van der Waals surface area (Å²) < 4.78 is 30.1. The summed E-state index contributed by atoms with van der Waals surface area (Å²) >= 11 is 0. The summed E-state index contributed by atoms with van der Waals surface area (Å²) in [7, 11) is -4.00. The topological polar surface area (TPSA) is 101 Å². The normalized spacial score (nSPS) is 10.9. The predicted octanol–water partition coefficient (Wildman–Crippen LogP) is 0.861. The second-order valence-corrected chi connectivity index (χ2v) is 6.01. The minimum atomic E-state index is -4.00. The van der Waals surface area contributed by atoms with Gasteiger partial charge in [0.1, 0.15) is 0 Å². The molecule has 1 rings (SSSR count). The highest BCUT2D eigenvalue weighted by atomic mass is 32.2. The molecule has 0 aliphatic heterocycles. The second kappa shape index (κ2) is 7.63. The summed E-state index contributed by atoms with van der Waals surface area (Å²) in [5, 5.41) is 8.73. The van der Waals surface area contributed by atoms with E-state index < -0.39 is 27.7 Å². The molecule has 21 heavy (non-hydrogen) atoms. The number of nitrogens with zero attached hydrogens (tertiary/aromatic N) is 1. The molecule has 1 N–H and O–H groups in total. The molecule has 0 fully saturated rings. The molecule has 0 spiro atoms. The van der Waals surface area contributed by atoms with E-state index in [2.05, 4.69) is 4.74 Å². The standard InChI is InChI=1S/C13H17NO6S/c1-2-20-13(17)10-21(18,19)14(9-8-12(15)16)11-6-4-3-5-7-11/h3-7H,2,8-10H2,1H3,(H,15,16). The number of carboxylic acids is 1. The quantitative estimate of drug-likeness (QED) is 0.714. The van der Waals surface area contributed by atoms with Crippen LogP contribution in [0.25, 0.3) is 0 Å². The Balaban J connectivity index is 2.99. The van der Waals surface area contributed by atoms with Gasteiger partial charge in [0, 0.05) is 6.54 Å². The lowest BCUT2D eigenvalue weighted by molar-refractivity contribution is -0.140. The van der Waals surface area contributed by atoms with Crippen molar-refractivity contribution in [1.29, 1.82) is 0 Å². The maximum atomic E-state index is 12.3. The molecule has 7 nitrogen and oxygen atoms in total. The average molecular weight is 315 g/mol. The van der Waals surface area contributed by atoms with Gasteiger partial charge in [-0.15, -0.1) is 0 Å². The Kier molecular flexibility index (Phi) is 6.16. The van der Waals surface area contributed by atoms with Crippen LogP contribution in [0.4, 0.5) is 5.69 Å². The zero-order valence-corrected chi connectivity index (χ0v) is 12.4. The first-order valence-electron chi connectivity index (χ1n) is 6.29. The van der Waals surface area contributed by atoms with E-state index in [-0.39, 0.29) is 19.6 Å². The molecule has 0 aliphatic carbocycles. The van der Waals surface area contributed by atoms with Crippen molar-refractivity contribution >= 4 is 27.6 Å². The first-order valence-corrected chi connectivity index (χ1v) is 7.90. The van der Waals surface area contributed by atoms with Crippen LogP contribution in [0.5, 0.6) is 0 Å². The molecule has 8 heteroatoms. The van der Waals surface area contributed by atoms with Gasteiger partial charge in [-0.3, -0.25) is 13.9 Å². The number of benzene rings is 1. The number of aliphatic carboxylic acids is 1. The van der Waals surface area contributed by atoms with E-state index in [9.17, 15) is 18.0 Å². The lowest BCUT2D eigenvalue weighted by atomic mass is 10.3. The minimum Gasteiger partial charge on any atom is -0.481 e. The van der Waals surface area contributed by atoms with Crippen LogP contribution in [0.1, 0.15) is 13.3 Å². The number of para-hydroxylation sites is 1. The smallest absolute Gasteiger partial charge is 0.323 e. The Morgan fingerprint density at radius 3 is 2.38 bits per heavy atom. The number of hydrogen-bond donors (Lipinski definition) is 1. The third kappa shape index (κ3) is 5.42. The third-order valence-corrected chi connectivity index (χ3v) is 4.18. The van der Waals surface area contributed by atoms with Crippen LogP contribution >= 0.6 is 0 Å². The van der Waals surface area contributed by atoms with Crippen LogP contribution in [0.2, 0.25) is 0 Å². The van der Waals surface area contributed by atoms with Crippen LogP contribution in [-0.4, -0.2) is 44.4 Å². The minimum absolute atomic E-state index is 0.0782. The van der Waals surface area contributed by atoms with Crippen LogP contribution in [0.15, 0.2) is 30.3 Å². The maximum Gasteiger partial charge on any atom is 0.323 e. The van der Waals surface area contributed by atoms with Gasteiger partial charge in [0.2, 0.25) is 10.0 Å². The molecule has 0 amide bonds. The summed E-state index contributed by atoms with van der Waals surface area (Å²) in [4.78, 5) is 22.1. The van der Waals surface area contributed by atoms with Crippen molar-refractivity contribution in [2.45, 2.75) is 13.3 Å². The van der Waals surface area contributed by atoms with Crippen molar-refractivity contribution in [2.24, 2.45) is 0 Å². The SMILES string of the molecule is CCOC(=O)CS(=O)(=O)N(CCC(=O)O)c1ccccc1. The number of carbonyl (C=O) groups is 2. The molecule has 0 bridgehead atoms. The van der Waals surface area contributed by atoms with Gasteiger partial charge in [-0.2, -0.15) is 0 Å². The van der Waals surface area contributed by atoms with E-state index in [1.165, 1.54) is 12.1 Å². The van der Waals surface area contributed by atoms with Gasteiger partial charge in [-0.1, -0.05) is 18.2 Å². The molecular weight excluding hydrogens is 298 g/mol. The highest BCUT2D eigenvalue weighted by molar-refractivity contribution is 7.93. The monoisotopic (exact) mass is 315 g/mol. The van der Waals surface area contributed by atoms with E-state index >= 15 is 0 Å². The number of hydrogen-bond acceptors (Lipinski definition) is 5. The number of anilines is 1. The van der Waals surface area contributed by atoms with Gasteiger partial charge in [0.15, 0.2) is 5.75 Å². The maximum absolute atomic E-state index is 12.3. The first kappa shape index (κ1) is 17.0. The summed E-state index contributed by atoms with van der Waals surface area (Å²) in [6, 6.07) is 8.03. The molecule has 1 aromatic rings. The Morgan fingerprint density at radius 2 is 1.86 bits per heavy atom. The Bertz CT molecular complexity index is 584. The highest BCUT2D eigenvalue weighted by Gasteiger charge is 2.26. The molecule has 0 heterocycles. The molecule has 0 aliphatic rings. The number of carbonyl (C=O) groups excluding carboxylic acids is 1. The van der Waals surface area contributed by atoms with Gasteiger partial charge < -0.3 is 9.84 Å². The summed E-state index contributed by atoms with van der Waals surface area (Å²) in [5.41, 5.74) is 0.308. The molecule has 0 unspecified atom stereocenters. The van der Waals surface area contributed by atoms with Crippen molar-refractivity contribution in [1.82, 2.24) is 0 Å². The van der Waals surface area contributed by atoms with Crippen molar-refractivity contribution in [2.75, 3.05) is 23.2 Å². The number of carboxylic acid groups (broad SMARTS) is 1. The fourth-order valence-electron chi connectivity index (χ4n) is 1.65. The van der Waals surface area contributed by atoms with Crippen molar-refractivity contribution < 1.29 is 27.9 Å². The van der Waals surface area contributed by atoms with Crippen LogP contribution < -0.4 is 4.31 Å². The van der Waals surface area contributed by atoms with E-state index in [4.69, 9.17) is 5.11 Å². The number of esters is 1. The van der Waals surface area contributed by atoms with Gasteiger partial charge in [0.25, 0.3) is 0 Å². The van der Waals surface area contributed by atoms with Crippen LogP contribution in [-0.2, 0) is 24.3 Å². The van der Waals surface area contributed by atoms with Gasteiger partial charge in [-0.05, 0) is 19.1 Å². The fourth-order valence-corrected chi connectivity index (χ4v) is 3.00. The zero-order chi connectivity index (χ0) is 15.9. The Labute approximate surface area is 123 Å². The lowest BCUT2D eigenvalue weighted by Gasteiger charge is -2.23.